The quantitative estimate of drug-likeness (QED) is 0.611. The minimum Gasteiger partial charge on any atom is -0.454 e. The van der Waals surface area contributed by atoms with E-state index < -0.39 is 5.97 Å². The van der Waals surface area contributed by atoms with Crippen LogP contribution in [-0.2, 0) is 22.4 Å². The molecule has 2 aliphatic rings. The zero-order valence-corrected chi connectivity index (χ0v) is 15.7. The van der Waals surface area contributed by atoms with Gasteiger partial charge in [0.15, 0.2) is 12.4 Å². The molecule has 0 heterocycles. The molecule has 2 aromatic carbocycles. The number of aryl methyl sites for hydroxylation is 2. The van der Waals surface area contributed by atoms with Gasteiger partial charge in [-0.25, -0.2) is 4.79 Å². The number of ketones is 1. The second kappa shape index (κ2) is 7.97. The lowest BCUT2D eigenvalue weighted by atomic mass is 9.90. The van der Waals surface area contributed by atoms with Gasteiger partial charge in [-0.1, -0.05) is 12.1 Å². The van der Waals surface area contributed by atoms with Crippen molar-refractivity contribution >= 4 is 23.3 Å². The highest BCUT2D eigenvalue weighted by molar-refractivity contribution is 6.00. The molecular formula is C23H23NO4. The number of carbonyl (C=O) groups excluding carboxylic acids is 3. The summed E-state index contributed by atoms with van der Waals surface area (Å²) in [6.45, 7) is -0.280. The molecule has 28 heavy (non-hydrogen) atoms. The lowest BCUT2D eigenvalue weighted by Gasteiger charge is -2.16. The monoisotopic (exact) mass is 377 g/mol. The van der Waals surface area contributed by atoms with Gasteiger partial charge in [0.2, 0.25) is 5.91 Å². The van der Waals surface area contributed by atoms with Crippen LogP contribution in [0, 0.1) is 5.92 Å². The van der Waals surface area contributed by atoms with Crippen LogP contribution in [0.25, 0.3) is 0 Å². The third-order valence-electron chi connectivity index (χ3n) is 5.34. The number of fused-ring (bicyclic) bond motifs is 1. The molecule has 0 atom stereocenters. The van der Waals surface area contributed by atoms with Gasteiger partial charge in [-0.15, -0.1) is 0 Å². The van der Waals surface area contributed by atoms with Crippen LogP contribution in [0.3, 0.4) is 0 Å². The van der Waals surface area contributed by atoms with Gasteiger partial charge in [0.1, 0.15) is 0 Å². The largest absolute Gasteiger partial charge is 0.454 e. The molecule has 1 saturated carbocycles. The Morgan fingerprint density at radius 3 is 2.29 bits per heavy atom. The summed E-state index contributed by atoms with van der Waals surface area (Å²) in [6, 6.07) is 12.3. The summed E-state index contributed by atoms with van der Waals surface area (Å²) < 4.78 is 5.18. The number of hydrogen-bond acceptors (Lipinski definition) is 4. The van der Waals surface area contributed by atoms with E-state index in [0.29, 0.717) is 16.8 Å². The normalized spacial score (nSPS) is 15.4. The fourth-order valence-corrected chi connectivity index (χ4v) is 3.48. The van der Waals surface area contributed by atoms with E-state index in [1.165, 1.54) is 17.5 Å². The number of anilines is 1. The van der Waals surface area contributed by atoms with Crippen molar-refractivity contribution in [1.82, 2.24) is 0 Å². The van der Waals surface area contributed by atoms with Gasteiger partial charge >= 0.3 is 5.97 Å². The Bertz CT molecular complexity index is 913. The predicted octanol–water partition coefficient (Wildman–Crippen LogP) is 3.95. The maximum Gasteiger partial charge on any atom is 0.338 e. The highest BCUT2D eigenvalue weighted by Crippen LogP contribution is 2.30. The van der Waals surface area contributed by atoms with Crippen molar-refractivity contribution < 1.29 is 19.1 Å². The first-order valence-electron chi connectivity index (χ1n) is 9.83. The third kappa shape index (κ3) is 4.30. The number of nitrogens with one attached hydrogen (secondary N) is 1. The van der Waals surface area contributed by atoms with Crippen molar-refractivity contribution in [3.63, 3.8) is 0 Å². The van der Waals surface area contributed by atoms with Crippen molar-refractivity contribution in [3.05, 3.63) is 64.7 Å². The van der Waals surface area contributed by atoms with E-state index >= 15 is 0 Å². The Labute approximate surface area is 164 Å². The molecule has 0 radical (unpaired) electrons. The fraction of sp³-hybridized carbons (Fsp3) is 0.348. The van der Waals surface area contributed by atoms with Crippen LogP contribution in [0.4, 0.5) is 5.69 Å². The molecule has 0 aromatic heterocycles. The highest BCUT2D eigenvalue weighted by atomic mass is 16.5. The topological polar surface area (TPSA) is 72.5 Å². The van der Waals surface area contributed by atoms with E-state index in [9.17, 15) is 14.4 Å². The Morgan fingerprint density at radius 2 is 1.57 bits per heavy atom. The zero-order valence-electron chi connectivity index (χ0n) is 15.7. The summed E-state index contributed by atoms with van der Waals surface area (Å²) in [5.74, 6) is -0.605. The molecule has 2 aliphatic carbocycles. The van der Waals surface area contributed by atoms with Gasteiger partial charge in [0, 0.05) is 17.2 Å². The molecular weight excluding hydrogens is 354 g/mol. The zero-order chi connectivity index (χ0) is 19.5. The average molecular weight is 377 g/mol. The Morgan fingerprint density at radius 1 is 0.893 bits per heavy atom. The van der Waals surface area contributed by atoms with Crippen molar-refractivity contribution in [2.24, 2.45) is 5.92 Å². The summed E-state index contributed by atoms with van der Waals surface area (Å²) in [5.41, 5.74) is 4.13. The van der Waals surface area contributed by atoms with Gasteiger partial charge < -0.3 is 10.1 Å². The number of esters is 1. The predicted molar refractivity (Wildman–Crippen MR) is 105 cm³/mol. The molecule has 1 amide bonds. The number of hydrogen-bond donors (Lipinski definition) is 1. The van der Waals surface area contributed by atoms with Crippen LogP contribution in [0.1, 0.15) is 57.5 Å². The standard InChI is InChI=1S/C23H23NO4/c25-21(19-8-5-15-3-1-2-4-18(15)13-19)14-28-23(27)17-9-11-20(12-10-17)24-22(26)16-6-7-16/h5,8-13,16H,1-4,6-7,14H2,(H,24,26). The molecule has 0 spiro atoms. The Kier molecular flexibility index (Phi) is 5.24. The maximum absolute atomic E-state index is 12.4. The lowest BCUT2D eigenvalue weighted by Crippen LogP contribution is -2.16. The van der Waals surface area contributed by atoms with Crippen molar-refractivity contribution in [2.45, 2.75) is 38.5 Å². The van der Waals surface area contributed by atoms with Gasteiger partial charge in [-0.3, -0.25) is 9.59 Å². The number of carbonyl (C=O) groups is 3. The van der Waals surface area contributed by atoms with Gasteiger partial charge in [0.25, 0.3) is 0 Å². The van der Waals surface area contributed by atoms with Crippen molar-refractivity contribution in [2.75, 3.05) is 11.9 Å². The van der Waals surface area contributed by atoms with Crippen LogP contribution in [0.5, 0.6) is 0 Å². The second-order valence-electron chi connectivity index (χ2n) is 7.53. The van der Waals surface area contributed by atoms with E-state index in [1.54, 1.807) is 24.3 Å². The molecule has 4 rings (SSSR count). The minimum atomic E-state index is -0.550. The highest BCUT2D eigenvalue weighted by Gasteiger charge is 2.29. The van der Waals surface area contributed by atoms with E-state index in [0.717, 1.165) is 32.1 Å². The average Bonchev–Trinajstić information content (AvgIpc) is 3.57. The summed E-state index contributed by atoms with van der Waals surface area (Å²) in [5, 5.41) is 2.82. The van der Waals surface area contributed by atoms with E-state index in [-0.39, 0.29) is 24.2 Å². The fourth-order valence-electron chi connectivity index (χ4n) is 3.48. The second-order valence-corrected chi connectivity index (χ2v) is 7.53. The summed E-state index contributed by atoms with van der Waals surface area (Å²) in [6.07, 6.45) is 6.29. The molecule has 5 nitrogen and oxygen atoms in total. The van der Waals surface area contributed by atoms with Gasteiger partial charge in [0.05, 0.1) is 5.56 Å². The van der Waals surface area contributed by atoms with Crippen molar-refractivity contribution in [1.29, 1.82) is 0 Å². The maximum atomic E-state index is 12.4. The molecule has 1 N–H and O–H groups in total. The molecule has 0 unspecified atom stereocenters. The molecule has 0 saturated heterocycles. The molecule has 2 aromatic rings. The smallest absolute Gasteiger partial charge is 0.338 e. The lowest BCUT2D eigenvalue weighted by molar-refractivity contribution is -0.117. The van der Waals surface area contributed by atoms with Crippen LogP contribution >= 0.6 is 0 Å². The Hall–Kier alpha value is -2.95. The number of ether oxygens (including phenoxy) is 1. The van der Waals surface area contributed by atoms with E-state index in [4.69, 9.17) is 4.74 Å². The van der Waals surface area contributed by atoms with Crippen LogP contribution in [-0.4, -0.2) is 24.3 Å². The first kappa shape index (κ1) is 18.4. The molecule has 0 aliphatic heterocycles. The summed E-state index contributed by atoms with van der Waals surface area (Å²) >= 11 is 0. The third-order valence-corrected chi connectivity index (χ3v) is 5.34. The molecule has 144 valence electrons. The summed E-state index contributed by atoms with van der Waals surface area (Å²) in [4.78, 5) is 36.3. The number of benzene rings is 2. The Balaban J connectivity index is 1.32. The molecule has 1 fully saturated rings. The first-order valence-corrected chi connectivity index (χ1v) is 9.83. The first-order chi connectivity index (χ1) is 13.6. The van der Waals surface area contributed by atoms with Crippen LogP contribution in [0.15, 0.2) is 42.5 Å². The molecule has 5 heteroatoms. The van der Waals surface area contributed by atoms with E-state index in [2.05, 4.69) is 5.32 Å². The number of Topliss-reactive ketones (excluding diaryl/α,β-unsaturated/α-hetero) is 1. The van der Waals surface area contributed by atoms with Crippen LogP contribution < -0.4 is 5.32 Å². The van der Waals surface area contributed by atoms with E-state index in [1.807, 2.05) is 18.2 Å². The SMILES string of the molecule is O=C(COC(=O)c1ccc(NC(=O)C2CC2)cc1)c1ccc2c(c1)CCCC2. The van der Waals surface area contributed by atoms with Gasteiger partial charge in [-0.05, 0) is 80.0 Å². The summed E-state index contributed by atoms with van der Waals surface area (Å²) in [7, 11) is 0. The van der Waals surface area contributed by atoms with Gasteiger partial charge in [-0.2, -0.15) is 0 Å². The minimum absolute atomic E-state index is 0.0194. The van der Waals surface area contributed by atoms with Crippen molar-refractivity contribution in [3.8, 4) is 0 Å². The number of rotatable bonds is 6. The number of amides is 1. The molecule has 0 bridgehead atoms. The van der Waals surface area contributed by atoms with Crippen LogP contribution in [0.2, 0.25) is 0 Å².